The zero-order valence-electron chi connectivity index (χ0n) is 27.0. The fraction of sp³-hybridized carbons (Fsp3) is 0. The molecular weight excluding hydrogens is 663 g/mol. The number of nitrogens with zero attached hydrogens (tertiary/aromatic N) is 3. The summed E-state index contributed by atoms with van der Waals surface area (Å²) in [5, 5.41) is 7.09. The zero-order valence-corrected chi connectivity index (χ0v) is 28.6. The van der Waals surface area contributed by atoms with Gasteiger partial charge in [-0.05, 0) is 24.3 Å². The third-order valence-electron chi connectivity index (χ3n) is 9.77. The topological polar surface area (TPSA) is 51.8 Å². The van der Waals surface area contributed by atoms with Crippen molar-refractivity contribution in [3.8, 4) is 45.3 Å². The highest BCUT2D eigenvalue weighted by Crippen LogP contribution is 2.45. The molecule has 0 spiro atoms. The van der Waals surface area contributed by atoms with E-state index in [4.69, 9.17) is 19.4 Å². The molecule has 4 nitrogen and oxygen atoms in total. The molecule has 0 aliphatic rings. The standard InChI is InChI=1S/C45H25N3OS2/c1-2-12-26(13-3-1)43-46-44(48-45(47-43)36-23-11-20-33-28-15-5-7-25-38(28)51-42(33)36)35-22-9-17-30-29-16-8-18-31(39(29)49-40(30)35)34-21-10-19-32-27-14-4-6-24-37(27)50-41(32)34/h1-25H. The van der Waals surface area contributed by atoms with Crippen LogP contribution in [-0.2, 0) is 0 Å². The van der Waals surface area contributed by atoms with Crippen LogP contribution in [0.3, 0.4) is 0 Å². The van der Waals surface area contributed by atoms with Crippen molar-refractivity contribution in [2.45, 2.75) is 0 Å². The first kappa shape index (κ1) is 28.6. The fourth-order valence-electron chi connectivity index (χ4n) is 7.42. The summed E-state index contributed by atoms with van der Waals surface area (Å²) in [5.41, 5.74) is 6.62. The Morgan fingerprint density at radius 2 is 0.784 bits per heavy atom. The van der Waals surface area contributed by atoms with Crippen LogP contribution < -0.4 is 0 Å². The number of benzene rings is 7. The lowest BCUT2D eigenvalue weighted by Gasteiger charge is -2.09. The van der Waals surface area contributed by atoms with E-state index in [9.17, 15) is 0 Å². The van der Waals surface area contributed by atoms with E-state index < -0.39 is 0 Å². The molecule has 0 atom stereocenters. The third kappa shape index (κ3) is 4.40. The van der Waals surface area contributed by atoms with Crippen LogP contribution in [0.15, 0.2) is 156 Å². The minimum Gasteiger partial charge on any atom is -0.455 e. The smallest absolute Gasteiger partial charge is 0.167 e. The van der Waals surface area contributed by atoms with E-state index in [0.29, 0.717) is 17.5 Å². The van der Waals surface area contributed by atoms with Crippen molar-refractivity contribution in [3.63, 3.8) is 0 Å². The van der Waals surface area contributed by atoms with Gasteiger partial charge in [0.05, 0.1) is 5.56 Å². The van der Waals surface area contributed by atoms with E-state index in [1.54, 1.807) is 11.3 Å². The molecule has 0 amide bonds. The molecule has 0 radical (unpaired) electrons. The lowest BCUT2D eigenvalue weighted by atomic mass is 10.00. The first-order valence-electron chi connectivity index (χ1n) is 16.9. The summed E-state index contributed by atoms with van der Waals surface area (Å²) in [6.45, 7) is 0. The SMILES string of the molecule is c1ccc(-c2nc(-c3cccc4c3oc3c(-c5cccc6c5sc5ccccc56)cccc34)nc(-c3cccc4c3sc3ccccc34)n2)cc1. The molecule has 0 bridgehead atoms. The summed E-state index contributed by atoms with van der Waals surface area (Å²) in [7, 11) is 0. The Labute approximate surface area is 299 Å². The second-order valence-electron chi connectivity index (χ2n) is 12.7. The minimum absolute atomic E-state index is 0.579. The molecule has 0 aliphatic carbocycles. The Kier molecular flexibility index (Phi) is 6.26. The van der Waals surface area contributed by atoms with Crippen molar-refractivity contribution >= 4 is 85.0 Å². The highest BCUT2D eigenvalue weighted by Gasteiger charge is 2.21. The predicted octanol–water partition coefficient (Wildman–Crippen LogP) is 13.2. The first-order valence-corrected chi connectivity index (χ1v) is 18.5. The molecule has 0 unspecified atom stereocenters. The van der Waals surface area contributed by atoms with Crippen molar-refractivity contribution in [3.05, 3.63) is 152 Å². The Balaban J connectivity index is 1.15. The Bertz CT molecular complexity index is 3160. The van der Waals surface area contributed by atoms with Gasteiger partial charge in [0.1, 0.15) is 11.2 Å². The molecule has 4 aromatic heterocycles. The van der Waals surface area contributed by atoms with E-state index in [-0.39, 0.29) is 0 Å². The highest BCUT2D eigenvalue weighted by atomic mass is 32.1. The van der Waals surface area contributed by atoms with Crippen LogP contribution in [0.2, 0.25) is 0 Å². The zero-order chi connectivity index (χ0) is 33.5. The summed E-state index contributed by atoms with van der Waals surface area (Å²) in [5.74, 6) is 1.84. The van der Waals surface area contributed by atoms with Crippen LogP contribution in [-0.4, -0.2) is 15.0 Å². The van der Waals surface area contributed by atoms with Crippen LogP contribution in [0.4, 0.5) is 0 Å². The van der Waals surface area contributed by atoms with Gasteiger partial charge < -0.3 is 4.42 Å². The predicted molar refractivity (Wildman–Crippen MR) is 215 cm³/mol. The van der Waals surface area contributed by atoms with Crippen molar-refractivity contribution in [1.29, 1.82) is 0 Å². The molecule has 6 heteroatoms. The summed E-state index contributed by atoms with van der Waals surface area (Å²) < 4.78 is 11.9. The van der Waals surface area contributed by atoms with E-state index in [1.165, 1.54) is 41.2 Å². The average Bonchev–Trinajstić information content (AvgIpc) is 3.89. The van der Waals surface area contributed by atoms with Crippen LogP contribution in [0, 0.1) is 0 Å². The lowest BCUT2D eigenvalue weighted by molar-refractivity contribution is 0.670. The van der Waals surface area contributed by atoms with Crippen molar-refractivity contribution < 1.29 is 4.42 Å². The van der Waals surface area contributed by atoms with Gasteiger partial charge >= 0.3 is 0 Å². The summed E-state index contributed by atoms with van der Waals surface area (Å²) in [6, 6.07) is 53.0. The third-order valence-corrected chi connectivity index (χ3v) is 12.2. The van der Waals surface area contributed by atoms with Crippen molar-refractivity contribution in [2.24, 2.45) is 0 Å². The van der Waals surface area contributed by atoms with Crippen molar-refractivity contribution in [2.75, 3.05) is 0 Å². The number of fused-ring (bicyclic) bond motifs is 9. The summed E-state index contributed by atoms with van der Waals surface area (Å²) in [4.78, 5) is 15.4. The molecule has 51 heavy (non-hydrogen) atoms. The number of hydrogen-bond donors (Lipinski definition) is 0. The second kappa shape index (κ2) is 11.2. The van der Waals surface area contributed by atoms with E-state index in [0.717, 1.165) is 48.9 Å². The Morgan fingerprint density at radius 1 is 0.333 bits per heavy atom. The van der Waals surface area contributed by atoms with Gasteiger partial charge in [0.2, 0.25) is 0 Å². The second-order valence-corrected chi connectivity index (χ2v) is 14.8. The number of hydrogen-bond acceptors (Lipinski definition) is 6. The van der Waals surface area contributed by atoms with Crippen LogP contribution in [0.25, 0.3) is 108 Å². The van der Waals surface area contributed by atoms with Gasteiger partial charge in [0.25, 0.3) is 0 Å². The number of thiophene rings is 2. The minimum atomic E-state index is 0.579. The van der Waals surface area contributed by atoms with E-state index in [2.05, 4.69) is 121 Å². The molecule has 4 heterocycles. The molecule has 0 fully saturated rings. The normalized spacial score (nSPS) is 11.9. The quantitative estimate of drug-likeness (QED) is 0.185. The summed E-state index contributed by atoms with van der Waals surface area (Å²) in [6.07, 6.45) is 0. The number of furan rings is 1. The molecule has 7 aromatic carbocycles. The van der Waals surface area contributed by atoms with E-state index in [1.807, 2.05) is 41.7 Å². The number of para-hydroxylation sites is 2. The summed E-state index contributed by atoms with van der Waals surface area (Å²) >= 11 is 3.61. The van der Waals surface area contributed by atoms with Gasteiger partial charge in [-0.1, -0.05) is 127 Å². The highest BCUT2D eigenvalue weighted by molar-refractivity contribution is 7.26. The molecule has 0 saturated heterocycles. The molecule has 11 aromatic rings. The molecule has 0 aliphatic heterocycles. The molecule has 238 valence electrons. The first-order chi connectivity index (χ1) is 25.3. The van der Waals surface area contributed by atoms with Gasteiger partial charge in [0.15, 0.2) is 17.5 Å². The van der Waals surface area contributed by atoms with Crippen LogP contribution in [0.5, 0.6) is 0 Å². The van der Waals surface area contributed by atoms with Crippen LogP contribution >= 0.6 is 22.7 Å². The lowest BCUT2D eigenvalue weighted by Crippen LogP contribution is -2.00. The largest absolute Gasteiger partial charge is 0.455 e. The van der Waals surface area contributed by atoms with E-state index >= 15 is 0 Å². The Hall–Kier alpha value is -6.21. The fourth-order valence-corrected chi connectivity index (χ4v) is 9.87. The number of rotatable bonds is 4. The number of aromatic nitrogens is 3. The van der Waals surface area contributed by atoms with Crippen molar-refractivity contribution in [1.82, 2.24) is 15.0 Å². The molecule has 11 rings (SSSR count). The molecule has 0 N–H and O–H groups in total. The van der Waals surface area contributed by atoms with Gasteiger partial charge in [-0.2, -0.15) is 0 Å². The van der Waals surface area contributed by atoms with Gasteiger partial charge in [0, 0.05) is 73.4 Å². The maximum atomic E-state index is 6.95. The van der Waals surface area contributed by atoms with Crippen LogP contribution in [0.1, 0.15) is 0 Å². The maximum Gasteiger partial charge on any atom is 0.167 e. The monoisotopic (exact) mass is 687 g/mol. The maximum absolute atomic E-state index is 6.95. The average molecular weight is 688 g/mol. The Morgan fingerprint density at radius 3 is 1.45 bits per heavy atom. The molecule has 0 saturated carbocycles. The molecular formula is C45H25N3OS2. The van der Waals surface area contributed by atoms with Gasteiger partial charge in [-0.15, -0.1) is 22.7 Å². The van der Waals surface area contributed by atoms with Gasteiger partial charge in [-0.25, -0.2) is 15.0 Å². The van der Waals surface area contributed by atoms with Gasteiger partial charge in [-0.3, -0.25) is 0 Å².